The number of nitrogens with zero attached hydrogens (tertiary/aromatic N) is 6. The van der Waals surface area contributed by atoms with Crippen molar-refractivity contribution < 1.29 is 24.3 Å². The van der Waals surface area contributed by atoms with Gasteiger partial charge in [0.1, 0.15) is 6.54 Å². The second-order valence-corrected chi connectivity index (χ2v) is 15.7. The highest BCUT2D eigenvalue weighted by Crippen LogP contribution is 2.27. The molecule has 0 saturated carbocycles. The van der Waals surface area contributed by atoms with Gasteiger partial charge in [-0.2, -0.15) is 10.5 Å². The predicted molar refractivity (Wildman–Crippen MR) is 228 cm³/mol. The molecule has 0 aliphatic carbocycles. The Labute approximate surface area is 344 Å². The zero-order chi connectivity index (χ0) is 43.7. The number of para-hydroxylation sites is 2. The van der Waals surface area contributed by atoms with E-state index in [0.29, 0.717) is 39.6 Å². The first kappa shape index (κ1) is 44.9. The third-order valence-electron chi connectivity index (χ3n) is 10.1. The summed E-state index contributed by atoms with van der Waals surface area (Å²) in [6, 6.07) is 31.0. The van der Waals surface area contributed by atoms with Crippen LogP contribution in [0.5, 0.6) is 0 Å². The lowest BCUT2D eigenvalue weighted by Crippen LogP contribution is -2.15. The summed E-state index contributed by atoms with van der Waals surface area (Å²) in [4.78, 5) is 55.1. The van der Waals surface area contributed by atoms with Gasteiger partial charge in [-0.15, -0.1) is 0 Å². The Bertz CT molecular complexity index is 2550. The molecule has 6 rings (SSSR count). The molecule has 12 nitrogen and oxygen atoms in total. The van der Waals surface area contributed by atoms with Gasteiger partial charge in [-0.1, -0.05) is 67.6 Å². The second kappa shape index (κ2) is 19.1. The minimum Gasteiger partial charge on any atom is -0.480 e. The highest BCUT2D eigenvalue weighted by Gasteiger charge is 2.21. The number of aliphatic carboxylic acids is 1. The summed E-state index contributed by atoms with van der Waals surface area (Å²) in [5, 5.41) is 27.0. The molecule has 0 spiro atoms. The summed E-state index contributed by atoms with van der Waals surface area (Å²) in [6.07, 6.45) is 3.45. The molecule has 0 radical (unpaired) electrons. The van der Waals surface area contributed by atoms with Gasteiger partial charge in [0.15, 0.2) is 17.3 Å². The molecule has 12 heteroatoms. The third kappa shape index (κ3) is 11.2. The van der Waals surface area contributed by atoms with Gasteiger partial charge >= 0.3 is 5.97 Å². The summed E-state index contributed by atoms with van der Waals surface area (Å²) in [5.41, 5.74) is 12.7. The van der Waals surface area contributed by atoms with Crippen molar-refractivity contribution >= 4 is 45.4 Å². The average molecular weight is 794 g/mol. The van der Waals surface area contributed by atoms with Crippen molar-refractivity contribution in [3.8, 4) is 12.1 Å². The summed E-state index contributed by atoms with van der Waals surface area (Å²) in [7, 11) is 0. The first-order valence-corrected chi connectivity index (χ1v) is 19.2. The number of carboxylic acids is 1. The van der Waals surface area contributed by atoms with Gasteiger partial charge in [-0.25, -0.2) is 9.97 Å². The number of imidazole rings is 2. The fourth-order valence-corrected chi connectivity index (χ4v) is 6.48. The van der Waals surface area contributed by atoms with Crippen LogP contribution in [0.25, 0.3) is 22.1 Å². The Morgan fingerprint density at radius 2 is 1.08 bits per heavy atom. The fraction of sp³-hybridized carbons (Fsp3) is 0.319. The van der Waals surface area contributed by atoms with Gasteiger partial charge in [0.2, 0.25) is 0 Å². The van der Waals surface area contributed by atoms with E-state index >= 15 is 0 Å². The molecule has 0 aliphatic rings. The molecule has 3 N–H and O–H groups in total. The van der Waals surface area contributed by atoms with E-state index in [0.717, 1.165) is 22.3 Å². The van der Waals surface area contributed by atoms with Crippen LogP contribution in [0, 0.1) is 22.7 Å². The number of hydrogen-bond acceptors (Lipinski definition) is 9. The van der Waals surface area contributed by atoms with E-state index in [2.05, 4.69) is 22.1 Å². The van der Waals surface area contributed by atoms with Gasteiger partial charge < -0.3 is 20.0 Å². The maximum absolute atomic E-state index is 12.7. The number of Topliss-reactive ketones (excluding diaryl/α,β-unsaturated/α-hetero) is 3. The first-order chi connectivity index (χ1) is 27.8. The van der Waals surface area contributed by atoms with E-state index in [1.807, 2.05) is 96.1 Å². The van der Waals surface area contributed by atoms with Gasteiger partial charge in [-0.3, -0.25) is 19.2 Å². The summed E-state index contributed by atoms with van der Waals surface area (Å²) in [6.45, 7) is 14.5. The number of carboxylic acid groups (broad SMARTS) is 1. The van der Waals surface area contributed by atoms with E-state index in [-0.39, 0.29) is 42.4 Å². The van der Waals surface area contributed by atoms with Crippen molar-refractivity contribution in [2.75, 3.05) is 0 Å². The lowest BCUT2D eigenvalue weighted by Gasteiger charge is -2.18. The van der Waals surface area contributed by atoms with Gasteiger partial charge in [-0.05, 0) is 101 Å². The van der Waals surface area contributed by atoms with Crippen molar-refractivity contribution in [3.05, 3.63) is 131 Å². The van der Waals surface area contributed by atoms with Crippen LogP contribution in [0.1, 0.15) is 117 Å². The SMILES string of the molecule is CC(=O)c1cccc2ncn(CC(=O)CC(C)c3ccc(C(C)(C)C#N)cc3)c12.CC(=O)c1cccc2ncn(CC(=O)O)c12.CC(N)c1ccc(C(C)(C)C#N)cc1. The number of ketones is 3. The van der Waals surface area contributed by atoms with E-state index in [1.54, 1.807) is 41.2 Å². The number of benzene rings is 4. The Morgan fingerprint density at radius 3 is 1.46 bits per heavy atom. The summed E-state index contributed by atoms with van der Waals surface area (Å²) in [5.74, 6) is -0.964. The molecule has 0 saturated heterocycles. The van der Waals surface area contributed by atoms with Gasteiger partial charge in [0.05, 0.1) is 64.2 Å². The Morgan fingerprint density at radius 1 is 0.678 bits per heavy atom. The number of carbonyl (C=O) groups excluding carboxylic acids is 3. The summed E-state index contributed by atoms with van der Waals surface area (Å²) >= 11 is 0. The molecule has 4 aromatic carbocycles. The average Bonchev–Trinajstić information content (AvgIpc) is 3.81. The zero-order valence-corrected chi connectivity index (χ0v) is 34.9. The zero-order valence-electron chi connectivity index (χ0n) is 34.9. The van der Waals surface area contributed by atoms with Crippen molar-refractivity contribution in [2.24, 2.45) is 5.73 Å². The lowest BCUT2D eigenvalue weighted by molar-refractivity contribution is -0.137. The molecular formula is C47H51N7O5. The molecule has 0 aliphatic heterocycles. The second-order valence-electron chi connectivity index (χ2n) is 15.7. The number of rotatable bonds is 12. The van der Waals surface area contributed by atoms with E-state index in [1.165, 1.54) is 24.7 Å². The minimum atomic E-state index is -0.961. The largest absolute Gasteiger partial charge is 0.480 e. The van der Waals surface area contributed by atoms with Crippen LogP contribution in [0.15, 0.2) is 97.6 Å². The molecule has 304 valence electrons. The predicted octanol–water partition coefficient (Wildman–Crippen LogP) is 8.63. The highest BCUT2D eigenvalue weighted by atomic mass is 16.4. The molecule has 59 heavy (non-hydrogen) atoms. The minimum absolute atomic E-state index is 0.0430. The van der Waals surface area contributed by atoms with Crippen LogP contribution < -0.4 is 5.73 Å². The third-order valence-corrected chi connectivity index (χ3v) is 10.1. The maximum atomic E-state index is 12.7. The highest BCUT2D eigenvalue weighted by molar-refractivity contribution is 6.06. The number of nitriles is 2. The van der Waals surface area contributed by atoms with E-state index in [4.69, 9.17) is 16.1 Å². The quantitative estimate of drug-likeness (QED) is 0.113. The molecule has 2 aromatic heterocycles. The van der Waals surface area contributed by atoms with Crippen LogP contribution in [0.4, 0.5) is 0 Å². The molecule has 2 heterocycles. The topological polar surface area (TPSA) is 198 Å². The number of carbonyl (C=O) groups is 4. The Kier molecular flexibility index (Phi) is 14.6. The van der Waals surface area contributed by atoms with Crippen molar-refractivity contribution in [2.45, 2.75) is 97.7 Å². The standard InChI is InChI=1S/C24H25N3O2.C12H16N2.C11H10N2O3/c1-16(18-8-10-19(11-9-18)24(3,4)14-25)12-20(29)13-27-15-26-22-7-5-6-21(17(2)28)23(22)27;1-9(14)10-4-6-11(7-5-10)12(2,3)8-13;1-7(14)8-3-2-4-9-11(8)13(6-12-9)5-10(15)16/h5-11,15-16H,12-13H2,1-4H3;4-7,9H,14H2,1-3H3;2-4,6H,5H2,1H3,(H,15,16). The number of nitrogens with two attached hydrogens (primary N) is 1. The van der Waals surface area contributed by atoms with E-state index < -0.39 is 16.8 Å². The monoisotopic (exact) mass is 793 g/mol. The van der Waals surface area contributed by atoms with Crippen molar-refractivity contribution in [1.29, 1.82) is 10.5 Å². The van der Waals surface area contributed by atoms with Crippen LogP contribution >= 0.6 is 0 Å². The van der Waals surface area contributed by atoms with Gasteiger partial charge in [0.25, 0.3) is 0 Å². The normalized spacial score (nSPS) is 12.2. The van der Waals surface area contributed by atoms with Gasteiger partial charge in [0, 0.05) is 23.6 Å². The van der Waals surface area contributed by atoms with Crippen molar-refractivity contribution in [1.82, 2.24) is 19.1 Å². The smallest absolute Gasteiger partial charge is 0.323 e. The fourth-order valence-electron chi connectivity index (χ4n) is 6.48. The molecule has 2 atom stereocenters. The molecule has 6 aromatic rings. The first-order valence-electron chi connectivity index (χ1n) is 19.2. The lowest BCUT2D eigenvalue weighted by atomic mass is 9.84. The Balaban J connectivity index is 0.000000216. The summed E-state index contributed by atoms with van der Waals surface area (Å²) < 4.78 is 3.23. The van der Waals surface area contributed by atoms with Crippen LogP contribution in [0.3, 0.4) is 0 Å². The molecular weight excluding hydrogens is 743 g/mol. The number of hydrogen-bond donors (Lipinski definition) is 2. The molecule has 2 unspecified atom stereocenters. The van der Waals surface area contributed by atoms with Crippen LogP contribution in [-0.2, 0) is 33.5 Å². The number of fused-ring (bicyclic) bond motifs is 2. The van der Waals surface area contributed by atoms with Crippen LogP contribution in [-0.4, -0.2) is 47.5 Å². The molecule has 0 fully saturated rings. The molecule has 0 bridgehead atoms. The maximum Gasteiger partial charge on any atom is 0.323 e. The van der Waals surface area contributed by atoms with E-state index in [9.17, 15) is 24.4 Å². The van der Waals surface area contributed by atoms with Crippen LogP contribution in [0.2, 0.25) is 0 Å². The van der Waals surface area contributed by atoms with Crippen molar-refractivity contribution in [3.63, 3.8) is 0 Å². The number of aromatic nitrogens is 4. The molecule has 0 amide bonds. The Hall–Kier alpha value is -6.76.